The van der Waals surface area contributed by atoms with Crippen LogP contribution in [-0.2, 0) is 29.5 Å². The second-order valence-corrected chi connectivity index (χ2v) is 6.13. The predicted molar refractivity (Wildman–Crippen MR) is 92.0 cm³/mol. The molecule has 1 aromatic heterocycles. The molecule has 2 rings (SSSR count). The second kappa shape index (κ2) is 7.29. The first-order valence-corrected chi connectivity index (χ1v) is 7.88. The summed E-state index contributed by atoms with van der Waals surface area (Å²) in [7, 11) is 1.90. The van der Waals surface area contributed by atoms with E-state index in [9.17, 15) is 9.59 Å². The standard InChI is InChI=1S/C18H23N3O3/c1-11(9-16-12(2)20-21(4)13(16)3)18(24)19-15-7-5-14(6-8-15)10-17(22)23/h5-8,11H,9-10H2,1-4H3,(H,19,24)(H,22,23). The molecule has 128 valence electrons. The van der Waals surface area contributed by atoms with Gasteiger partial charge in [0.2, 0.25) is 5.91 Å². The Hall–Kier alpha value is -2.63. The number of carboxylic acids is 1. The number of aryl methyl sites for hydroxylation is 2. The summed E-state index contributed by atoms with van der Waals surface area (Å²) in [4.78, 5) is 23.1. The number of carboxylic acid groups (broad SMARTS) is 1. The van der Waals surface area contributed by atoms with E-state index in [1.807, 2.05) is 32.5 Å². The van der Waals surface area contributed by atoms with Crippen molar-refractivity contribution in [2.75, 3.05) is 5.32 Å². The Kier molecular flexibility index (Phi) is 5.39. The van der Waals surface area contributed by atoms with Crippen molar-refractivity contribution < 1.29 is 14.7 Å². The minimum Gasteiger partial charge on any atom is -0.481 e. The largest absolute Gasteiger partial charge is 0.481 e. The van der Waals surface area contributed by atoms with Gasteiger partial charge >= 0.3 is 5.97 Å². The van der Waals surface area contributed by atoms with Crippen LogP contribution in [0.5, 0.6) is 0 Å². The molecule has 0 aliphatic carbocycles. The highest BCUT2D eigenvalue weighted by Gasteiger charge is 2.18. The topological polar surface area (TPSA) is 84.2 Å². The van der Waals surface area contributed by atoms with Crippen molar-refractivity contribution in [2.24, 2.45) is 13.0 Å². The number of aromatic nitrogens is 2. The molecule has 1 amide bonds. The summed E-state index contributed by atoms with van der Waals surface area (Å²) >= 11 is 0. The zero-order valence-electron chi connectivity index (χ0n) is 14.5. The van der Waals surface area contributed by atoms with Crippen LogP contribution >= 0.6 is 0 Å². The van der Waals surface area contributed by atoms with Gasteiger partial charge < -0.3 is 10.4 Å². The van der Waals surface area contributed by atoms with E-state index in [4.69, 9.17) is 5.11 Å². The zero-order valence-corrected chi connectivity index (χ0v) is 14.5. The van der Waals surface area contributed by atoms with Crippen molar-refractivity contribution in [3.63, 3.8) is 0 Å². The number of benzene rings is 1. The smallest absolute Gasteiger partial charge is 0.307 e. The van der Waals surface area contributed by atoms with E-state index >= 15 is 0 Å². The molecule has 0 saturated carbocycles. The summed E-state index contributed by atoms with van der Waals surface area (Å²) < 4.78 is 1.83. The number of nitrogens with zero attached hydrogens (tertiary/aromatic N) is 2. The van der Waals surface area contributed by atoms with Crippen molar-refractivity contribution in [1.29, 1.82) is 0 Å². The summed E-state index contributed by atoms with van der Waals surface area (Å²) in [5.41, 5.74) is 4.51. The quantitative estimate of drug-likeness (QED) is 0.853. The van der Waals surface area contributed by atoms with Gasteiger partial charge in [-0.05, 0) is 43.5 Å². The Morgan fingerprint density at radius 3 is 2.38 bits per heavy atom. The molecular formula is C18H23N3O3. The summed E-state index contributed by atoms with van der Waals surface area (Å²) in [5.74, 6) is -1.13. The first kappa shape index (κ1) is 17.7. The molecular weight excluding hydrogens is 306 g/mol. The lowest BCUT2D eigenvalue weighted by atomic mass is 9.98. The van der Waals surface area contributed by atoms with Crippen LogP contribution in [0.4, 0.5) is 5.69 Å². The van der Waals surface area contributed by atoms with Crippen molar-refractivity contribution in [2.45, 2.75) is 33.6 Å². The average molecular weight is 329 g/mol. The third kappa shape index (κ3) is 4.22. The van der Waals surface area contributed by atoms with Gasteiger partial charge in [0.1, 0.15) is 0 Å². The van der Waals surface area contributed by atoms with Crippen LogP contribution in [0.3, 0.4) is 0 Å². The Morgan fingerprint density at radius 2 is 1.88 bits per heavy atom. The molecule has 0 aliphatic heterocycles. The number of aliphatic carboxylic acids is 1. The fourth-order valence-electron chi connectivity index (χ4n) is 2.66. The van der Waals surface area contributed by atoms with Crippen LogP contribution in [0.1, 0.15) is 29.4 Å². The van der Waals surface area contributed by atoms with Gasteiger partial charge in [-0.15, -0.1) is 0 Å². The van der Waals surface area contributed by atoms with Gasteiger partial charge in [-0.2, -0.15) is 5.10 Å². The number of hydrogen-bond donors (Lipinski definition) is 2. The summed E-state index contributed by atoms with van der Waals surface area (Å²) in [5, 5.41) is 16.0. The fraction of sp³-hybridized carbons (Fsp3) is 0.389. The van der Waals surface area contributed by atoms with Crippen LogP contribution in [0.15, 0.2) is 24.3 Å². The molecule has 2 aromatic rings. The highest BCUT2D eigenvalue weighted by molar-refractivity contribution is 5.92. The number of hydrogen-bond acceptors (Lipinski definition) is 3. The molecule has 6 nitrogen and oxygen atoms in total. The van der Waals surface area contributed by atoms with Gasteiger partial charge in [0.25, 0.3) is 0 Å². The van der Waals surface area contributed by atoms with E-state index in [1.54, 1.807) is 24.3 Å². The third-order valence-corrected chi connectivity index (χ3v) is 4.19. The maximum Gasteiger partial charge on any atom is 0.307 e. The molecule has 0 radical (unpaired) electrons. The molecule has 1 atom stereocenters. The zero-order chi connectivity index (χ0) is 17.9. The molecule has 1 heterocycles. The maximum absolute atomic E-state index is 12.4. The second-order valence-electron chi connectivity index (χ2n) is 6.13. The summed E-state index contributed by atoms with van der Waals surface area (Å²) in [6.07, 6.45) is 0.610. The van der Waals surface area contributed by atoms with Crippen molar-refractivity contribution >= 4 is 17.6 Å². The summed E-state index contributed by atoms with van der Waals surface area (Å²) in [6.45, 7) is 5.84. The fourth-order valence-corrected chi connectivity index (χ4v) is 2.66. The SMILES string of the molecule is Cc1nn(C)c(C)c1CC(C)C(=O)Nc1ccc(CC(=O)O)cc1. The Labute approximate surface area is 141 Å². The van der Waals surface area contributed by atoms with Crippen molar-refractivity contribution in [3.05, 3.63) is 46.8 Å². The van der Waals surface area contributed by atoms with Gasteiger partial charge in [-0.1, -0.05) is 19.1 Å². The molecule has 0 fully saturated rings. The van der Waals surface area contributed by atoms with Gasteiger partial charge in [0.05, 0.1) is 12.1 Å². The number of rotatable bonds is 6. The maximum atomic E-state index is 12.4. The highest BCUT2D eigenvalue weighted by atomic mass is 16.4. The number of carbonyl (C=O) groups is 2. The Balaban J connectivity index is 1.99. The van der Waals surface area contributed by atoms with Gasteiger partial charge in [-0.25, -0.2) is 0 Å². The lowest BCUT2D eigenvalue weighted by Gasteiger charge is -2.13. The first-order valence-electron chi connectivity index (χ1n) is 7.88. The van der Waals surface area contributed by atoms with E-state index in [-0.39, 0.29) is 18.2 Å². The Morgan fingerprint density at radius 1 is 1.25 bits per heavy atom. The molecule has 0 aliphatic rings. The normalized spacial score (nSPS) is 12.0. The third-order valence-electron chi connectivity index (χ3n) is 4.19. The minimum absolute atomic E-state index is 0.0236. The van der Waals surface area contributed by atoms with Crippen LogP contribution in [-0.4, -0.2) is 26.8 Å². The molecule has 0 bridgehead atoms. The van der Waals surface area contributed by atoms with Gasteiger partial charge in [0.15, 0.2) is 0 Å². The molecule has 2 N–H and O–H groups in total. The number of anilines is 1. The first-order chi connectivity index (χ1) is 11.3. The number of nitrogens with one attached hydrogen (secondary N) is 1. The van der Waals surface area contributed by atoms with Crippen LogP contribution in [0.2, 0.25) is 0 Å². The minimum atomic E-state index is -0.873. The van der Waals surface area contributed by atoms with Crippen molar-refractivity contribution in [1.82, 2.24) is 9.78 Å². The summed E-state index contributed by atoms with van der Waals surface area (Å²) in [6, 6.07) is 6.88. The van der Waals surface area contributed by atoms with Crippen LogP contribution in [0, 0.1) is 19.8 Å². The van der Waals surface area contributed by atoms with Gasteiger partial charge in [-0.3, -0.25) is 14.3 Å². The van der Waals surface area contributed by atoms with E-state index in [2.05, 4.69) is 10.4 Å². The molecule has 24 heavy (non-hydrogen) atoms. The predicted octanol–water partition coefficient (Wildman–Crippen LogP) is 2.48. The number of carbonyl (C=O) groups excluding carboxylic acids is 1. The number of amides is 1. The molecule has 0 saturated heterocycles. The van der Waals surface area contributed by atoms with Crippen LogP contribution in [0.25, 0.3) is 0 Å². The van der Waals surface area contributed by atoms with E-state index in [0.717, 1.165) is 17.0 Å². The van der Waals surface area contributed by atoms with E-state index in [0.29, 0.717) is 17.7 Å². The highest BCUT2D eigenvalue weighted by Crippen LogP contribution is 2.18. The monoisotopic (exact) mass is 329 g/mol. The average Bonchev–Trinajstić information content (AvgIpc) is 2.75. The molecule has 6 heteroatoms. The van der Waals surface area contributed by atoms with E-state index in [1.165, 1.54) is 0 Å². The molecule has 0 spiro atoms. The molecule has 1 aromatic carbocycles. The van der Waals surface area contributed by atoms with Gasteiger partial charge in [0, 0.05) is 24.3 Å². The Bertz CT molecular complexity index is 748. The van der Waals surface area contributed by atoms with Crippen molar-refractivity contribution in [3.8, 4) is 0 Å². The molecule has 1 unspecified atom stereocenters. The lowest BCUT2D eigenvalue weighted by molar-refractivity contribution is -0.136. The van der Waals surface area contributed by atoms with Crippen LogP contribution < -0.4 is 5.32 Å². The van der Waals surface area contributed by atoms with E-state index < -0.39 is 5.97 Å². The lowest BCUT2D eigenvalue weighted by Crippen LogP contribution is -2.22.